The molecule has 1 aliphatic carbocycles. The van der Waals surface area contributed by atoms with Crippen molar-refractivity contribution in [3.8, 4) is 11.8 Å². The quantitative estimate of drug-likeness (QED) is 0.426. The van der Waals surface area contributed by atoms with Gasteiger partial charge < -0.3 is 14.0 Å². The number of allylic oxidation sites excluding steroid dienone is 1. The Morgan fingerprint density at radius 1 is 1.20 bits per heavy atom. The van der Waals surface area contributed by atoms with Crippen molar-refractivity contribution in [2.24, 2.45) is 5.41 Å². The summed E-state index contributed by atoms with van der Waals surface area (Å²) in [5.41, 5.74) is 0.134. The van der Waals surface area contributed by atoms with Crippen LogP contribution in [0.2, 0.25) is 39.3 Å². The normalized spacial score (nSPS) is 26.9. The van der Waals surface area contributed by atoms with Gasteiger partial charge in [0.2, 0.25) is 0 Å². The predicted octanol–water partition coefficient (Wildman–Crippen LogP) is 4.72. The zero-order valence-corrected chi connectivity index (χ0v) is 19.7. The molecular formula is C20H36O3Si2. The van der Waals surface area contributed by atoms with Crippen LogP contribution < -0.4 is 0 Å². The van der Waals surface area contributed by atoms with Crippen molar-refractivity contribution in [2.45, 2.75) is 78.7 Å². The van der Waals surface area contributed by atoms with E-state index in [1.165, 1.54) is 0 Å². The molecule has 0 aromatic heterocycles. The van der Waals surface area contributed by atoms with Crippen LogP contribution in [0.5, 0.6) is 0 Å². The van der Waals surface area contributed by atoms with Gasteiger partial charge in [-0.2, -0.15) is 0 Å². The second-order valence-corrected chi connectivity index (χ2v) is 18.5. The third-order valence-corrected chi connectivity index (χ3v) is 6.44. The van der Waals surface area contributed by atoms with E-state index in [1.807, 2.05) is 39.8 Å². The average Bonchev–Trinajstić information content (AvgIpc) is 2.55. The first-order chi connectivity index (χ1) is 11.1. The van der Waals surface area contributed by atoms with Crippen LogP contribution in [0.4, 0.5) is 0 Å². The predicted molar refractivity (Wildman–Crippen MR) is 112 cm³/mol. The molecule has 1 rings (SSSR count). The van der Waals surface area contributed by atoms with Gasteiger partial charge in [0.05, 0.1) is 12.7 Å². The first-order valence-electron chi connectivity index (χ1n) is 9.01. The average molecular weight is 381 g/mol. The monoisotopic (exact) mass is 380 g/mol. The standard InChI is InChI=1S/C20H36O3Si2/c1-16(12-14-22-24(5,6)7)11-13-20(21)17(2)15-18(19(20,3)4)23-25(8,9)10/h12,15,18,21H,14H2,1-10H3. The second kappa shape index (κ2) is 7.54. The van der Waals surface area contributed by atoms with Gasteiger partial charge in [-0.25, -0.2) is 0 Å². The third-order valence-electron chi connectivity index (χ3n) is 4.44. The lowest BCUT2D eigenvalue weighted by Gasteiger charge is -2.40. The molecule has 0 aliphatic heterocycles. The number of rotatable bonds is 5. The molecule has 0 heterocycles. The first-order valence-corrected chi connectivity index (χ1v) is 15.8. The summed E-state index contributed by atoms with van der Waals surface area (Å²) in [6.45, 7) is 21.5. The Morgan fingerprint density at radius 2 is 1.76 bits per heavy atom. The largest absolute Gasteiger partial charge is 0.414 e. The van der Waals surface area contributed by atoms with Crippen LogP contribution in [-0.2, 0) is 8.85 Å². The molecule has 2 atom stereocenters. The summed E-state index contributed by atoms with van der Waals surface area (Å²) in [6.07, 6.45) is 3.92. The van der Waals surface area contributed by atoms with E-state index in [2.05, 4.69) is 51.1 Å². The lowest BCUT2D eigenvalue weighted by molar-refractivity contribution is -0.0236. The van der Waals surface area contributed by atoms with E-state index in [0.29, 0.717) is 6.61 Å². The van der Waals surface area contributed by atoms with Gasteiger partial charge in [0.1, 0.15) is 0 Å². The number of hydrogen-bond donors (Lipinski definition) is 1. The van der Waals surface area contributed by atoms with Gasteiger partial charge in [0, 0.05) is 5.41 Å². The molecule has 0 fully saturated rings. The van der Waals surface area contributed by atoms with E-state index >= 15 is 0 Å². The van der Waals surface area contributed by atoms with Gasteiger partial charge in [0.25, 0.3) is 0 Å². The van der Waals surface area contributed by atoms with Gasteiger partial charge in [-0.15, -0.1) is 0 Å². The van der Waals surface area contributed by atoms with Crippen LogP contribution in [0.3, 0.4) is 0 Å². The van der Waals surface area contributed by atoms with E-state index in [9.17, 15) is 5.11 Å². The number of hydrogen-bond acceptors (Lipinski definition) is 3. The molecule has 142 valence electrons. The highest BCUT2D eigenvalue weighted by molar-refractivity contribution is 6.70. The van der Waals surface area contributed by atoms with Crippen molar-refractivity contribution in [3.63, 3.8) is 0 Å². The van der Waals surface area contributed by atoms with E-state index in [4.69, 9.17) is 8.85 Å². The Bertz CT molecular complexity index is 610. The summed E-state index contributed by atoms with van der Waals surface area (Å²) in [4.78, 5) is 0. The fraction of sp³-hybridized carbons (Fsp3) is 0.700. The summed E-state index contributed by atoms with van der Waals surface area (Å²) in [7, 11) is -3.23. The van der Waals surface area contributed by atoms with Gasteiger partial charge in [-0.05, 0) is 70.4 Å². The van der Waals surface area contributed by atoms with Crippen LogP contribution in [-0.4, -0.2) is 40.1 Å². The fourth-order valence-corrected chi connectivity index (χ4v) is 4.46. The van der Waals surface area contributed by atoms with Crippen LogP contribution >= 0.6 is 0 Å². The Hall–Kier alpha value is -0.646. The second-order valence-electron chi connectivity index (χ2n) is 9.49. The highest BCUT2D eigenvalue weighted by Crippen LogP contribution is 2.47. The molecule has 1 aliphatic rings. The van der Waals surface area contributed by atoms with Gasteiger partial charge >= 0.3 is 0 Å². The topological polar surface area (TPSA) is 38.7 Å². The Morgan fingerprint density at radius 3 is 2.24 bits per heavy atom. The maximum absolute atomic E-state index is 11.3. The molecule has 0 amide bonds. The van der Waals surface area contributed by atoms with Crippen molar-refractivity contribution >= 4 is 16.6 Å². The molecular weight excluding hydrogens is 344 g/mol. The Labute approximate surface area is 156 Å². The molecule has 0 saturated carbocycles. The minimum Gasteiger partial charge on any atom is -0.414 e. The SMILES string of the molecule is CC(C#CC1(O)C(C)=CC(O[Si](C)(C)C)C1(C)C)=CCO[Si](C)(C)C. The summed E-state index contributed by atoms with van der Waals surface area (Å²) in [6, 6.07) is 0. The molecule has 0 spiro atoms. The summed E-state index contributed by atoms with van der Waals surface area (Å²) in [5, 5.41) is 11.3. The third kappa shape index (κ3) is 5.94. The minimum atomic E-state index is -1.71. The van der Waals surface area contributed by atoms with Crippen molar-refractivity contribution in [3.05, 3.63) is 23.3 Å². The van der Waals surface area contributed by atoms with Crippen LogP contribution in [0.25, 0.3) is 0 Å². The highest BCUT2D eigenvalue weighted by Gasteiger charge is 2.54. The molecule has 5 heteroatoms. The maximum atomic E-state index is 11.3. The fourth-order valence-electron chi connectivity index (χ4n) is 2.75. The smallest absolute Gasteiger partial charge is 0.184 e. The van der Waals surface area contributed by atoms with Gasteiger partial charge in [-0.3, -0.25) is 0 Å². The van der Waals surface area contributed by atoms with Crippen molar-refractivity contribution in [2.75, 3.05) is 6.61 Å². The van der Waals surface area contributed by atoms with Crippen molar-refractivity contribution < 1.29 is 14.0 Å². The lowest BCUT2D eigenvalue weighted by atomic mass is 9.74. The molecule has 0 aromatic rings. The maximum Gasteiger partial charge on any atom is 0.184 e. The van der Waals surface area contributed by atoms with Crippen LogP contribution in [0.1, 0.15) is 27.7 Å². The van der Waals surface area contributed by atoms with E-state index in [0.717, 1.165) is 11.1 Å². The highest BCUT2D eigenvalue weighted by atomic mass is 28.4. The van der Waals surface area contributed by atoms with Crippen molar-refractivity contribution in [1.82, 2.24) is 0 Å². The zero-order chi connectivity index (χ0) is 19.7. The molecule has 0 bridgehead atoms. The molecule has 3 nitrogen and oxygen atoms in total. The Balaban J connectivity index is 2.98. The molecule has 1 N–H and O–H groups in total. The van der Waals surface area contributed by atoms with E-state index in [1.54, 1.807) is 0 Å². The van der Waals surface area contributed by atoms with Crippen LogP contribution in [0.15, 0.2) is 23.3 Å². The van der Waals surface area contributed by atoms with E-state index < -0.39 is 27.7 Å². The molecule has 0 aromatic carbocycles. The Kier molecular flexibility index (Phi) is 6.75. The summed E-state index contributed by atoms with van der Waals surface area (Å²) >= 11 is 0. The lowest BCUT2D eigenvalue weighted by Crippen LogP contribution is -2.49. The summed E-state index contributed by atoms with van der Waals surface area (Å²) in [5.74, 6) is 6.25. The van der Waals surface area contributed by atoms with Crippen LogP contribution in [0, 0.1) is 17.3 Å². The molecule has 0 radical (unpaired) electrons. The van der Waals surface area contributed by atoms with Gasteiger partial charge in [0.15, 0.2) is 22.2 Å². The van der Waals surface area contributed by atoms with E-state index in [-0.39, 0.29) is 6.10 Å². The molecule has 0 saturated heterocycles. The summed E-state index contributed by atoms with van der Waals surface area (Å²) < 4.78 is 12.1. The number of aliphatic hydroxyl groups is 1. The van der Waals surface area contributed by atoms with Crippen molar-refractivity contribution in [1.29, 1.82) is 0 Å². The minimum absolute atomic E-state index is 0.113. The molecule has 2 unspecified atom stereocenters. The zero-order valence-electron chi connectivity index (χ0n) is 17.7. The van der Waals surface area contributed by atoms with Gasteiger partial charge in [-0.1, -0.05) is 31.8 Å². The molecule has 25 heavy (non-hydrogen) atoms. The first kappa shape index (κ1) is 22.4.